The number of amides is 2. The molecule has 1 N–H and O–H groups in total. The summed E-state index contributed by atoms with van der Waals surface area (Å²) in [6, 6.07) is 11.6. The minimum atomic E-state index is -0.626. The summed E-state index contributed by atoms with van der Waals surface area (Å²) >= 11 is 15.4. The molecular weight excluding hydrogens is 403 g/mol. The first kappa shape index (κ1) is 16.3. The topological polar surface area (TPSA) is 49.4 Å². The van der Waals surface area contributed by atoms with Crippen LogP contribution in [0.3, 0.4) is 0 Å². The summed E-state index contributed by atoms with van der Waals surface area (Å²) in [6.07, 6.45) is 0.0672. The van der Waals surface area contributed by atoms with Crippen molar-refractivity contribution in [2.75, 3.05) is 10.2 Å². The van der Waals surface area contributed by atoms with E-state index in [1.807, 2.05) is 24.3 Å². The third-order valence-corrected chi connectivity index (χ3v) is 4.84. The molecule has 0 bridgehead atoms. The molecule has 0 unspecified atom stereocenters. The van der Waals surface area contributed by atoms with Gasteiger partial charge in [0, 0.05) is 10.2 Å². The summed E-state index contributed by atoms with van der Waals surface area (Å²) < 4.78 is 0.934. The van der Waals surface area contributed by atoms with Gasteiger partial charge in [0.25, 0.3) is 5.91 Å². The van der Waals surface area contributed by atoms with Crippen molar-refractivity contribution >= 4 is 62.3 Å². The number of nitrogens with zero attached hydrogens (tertiary/aromatic N) is 1. The van der Waals surface area contributed by atoms with Crippen LogP contribution in [0.25, 0.3) is 0 Å². The summed E-state index contributed by atoms with van der Waals surface area (Å²) in [5.74, 6) is -0.657. The van der Waals surface area contributed by atoms with Crippen LogP contribution in [-0.2, 0) is 9.59 Å². The number of benzene rings is 2. The Hall–Kier alpha value is -1.56. The Morgan fingerprint density at radius 2 is 1.78 bits per heavy atom. The van der Waals surface area contributed by atoms with E-state index in [2.05, 4.69) is 21.2 Å². The third-order valence-electron chi connectivity index (χ3n) is 3.50. The van der Waals surface area contributed by atoms with Crippen LogP contribution < -0.4 is 10.2 Å². The summed E-state index contributed by atoms with van der Waals surface area (Å²) in [5.41, 5.74) is 1.08. The summed E-state index contributed by atoms with van der Waals surface area (Å²) in [4.78, 5) is 25.9. The highest BCUT2D eigenvalue weighted by molar-refractivity contribution is 9.10. The van der Waals surface area contributed by atoms with Crippen molar-refractivity contribution in [3.05, 3.63) is 57.0 Å². The van der Waals surface area contributed by atoms with Crippen molar-refractivity contribution < 1.29 is 9.59 Å². The van der Waals surface area contributed by atoms with E-state index < -0.39 is 6.04 Å². The second kappa shape index (κ2) is 6.51. The standard InChI is InChI=1S/C16H11BrCl2N2O2/c17-9-4-6-10(7-5-9)20-12-8-14(22)21(16(12)23)13-3-1-2-11(18)15(13)19/h1-7,12,20H,8H2/t12-/m0/s1. The smallest absolute Gasteiger partial charge is 0.256 e. The predicted molar refractivity (Wildman–Crippen MR) is 95.1 cm³/mol. The van der Waals surface area contributed by atoms with Gasteiger partial charge in [-0.3, -0.25) is 9.59 Å². The van der Waals surface area contributed by atoms with Crippen molar-refractivity contribution in [3.63, 3.8) is 0 Å². The molecule has 1 atom stereocenters. The number of hydrogen-bond donors (Lipinski definition) is 1. The molecule has 7 heteroatoms. The molecule has 1 aliphatic rings. The molecule has 0 spiro atoms. The zero-order valence-corrected chi connectivity index (χ0v) is 14.8. The number of anilines is 2. The molecule has 2 aromatic carbocycles. The van der Waals surface area contributed by atoms with E-state index in [0.29, 0.717) is 10.7 Å². The Kier molecular flexibility index (Phi) is 4.62. The number of carbonyl (C=O) groups is 2. The van der Waals surface area contributed by atoms with E-state index in [0.717, 1.165) is 15.1 Å². The van der Waals surface area contributed by atoms with Crippen LogP contribution in [-0.4, -0.2) is 17.9 Å². The van der Waals surface area contributed by atoms with E-state index in [1.165, 1.54) is 0 Å². The molecule has 1 saturated heterocycles. The molecule has 118 valence electrons. The molecule has 0 radical (unpaired) electrons. The van der Waals surface area contributed by atoms with Gasteiger partial charge in [-0.25, -0.2) is 4.90 Å². The molecule has 3 rings (SSSR count). The predicted octanol–water partition coefficient (Wildman–Crippen LogP) is 4.50. The van der Waals surface area contributed by atoms with Gasteiger partial charge in [-0.05, 0) is 36.4 Å². The van der Waals surface area contributed by atoms with E-state index in [1.54, 1.807) is 18.2 Å². The SMILES string of the molecule is O=C1C[C@H](Nc2ccc(Br)cc2)C(=O)N1c1cccc(Cl)c1Cl. The van der Waals surface area contributed by atoms with Crippen molar-refractivity contribution in [2.24, 2.45) is 0 Å². The van der Waals surface area contributed by atoms with Gasteiger partial charge in [-0.2, -0.15) is 0 Å². The van der Waals surface area contributed by atoms with Crippen molar-refractivity contribution in [1.29, 1.82) is 0 Å². The van der Waals surface area contributed by atoms with Gasteiger partial charge < -0.3 is 5.32 Å². The van der Waals surface area contributed by atoms with Crippen molar-refractivity contribution in [2.45, 2.75) is 12.5 Å². The fourth-order valence-electron chi connectivity index (χ4n) is 2.41. The van der Waals surface area contributed by atoms with E-state index >= 15 is 0 Å². The maximum Gasteiger partial charge on any atom is 0.256 e. The van der Waals surface area contributed by atoms with Crippen LogP contribution in [0.1, 0.15) is 6.42 Å². The molecule has 0 saturated carbocycles. The fourth-order valence-corrected chi connectivity index (χ4v) is 3.05. The molecule has 2 amide bonds. The van der Waals surface area contributed by atoms with Crippen molar-refractivity contribution in [1.82, 2.24) is 0 Å². The van der Waals surface area contributed by atoms with E-state index in [-0.39, 0.29) is 23.3 Å². The number of halogens is 3. The van der Waals surface area contributed by atoms with Crippen LogP contribution in [0.15, 0.2) is 46.9 Å². The average molecular weight is 414 g/mol. The summed E-state index contributed by atoms with van der Waals surface area (Å²) in [6.45, 7) is 0. The second-order valence-corrected chi connectivity index (χ2v) is 6.75. The van der Waals surface area contributed by atoms with Crippen molar-refractivity contribution in [3.8, 4) is 0 Å². The number of nitrogens with one attached hydrogen (secondary N) is 1. The van der Waals surface area contributed by atoms with Gasteiger partial charge in [0.05, 0.1) is 22.2 Å². The normalized spacial score (nSPS) is 17.7. The Bertz CT molecular complexity index is 780. The lowest BCUT2D eigenvalue weighted by Crippen LogP contribution is -2.35. The van der Waals surface area contributed by atoms with E-state index in [9.17, 15) is 9.59 Å². The zero-order chi connectivity index (χ0) is 16.6. The number of hydrogen-bond acceptors (Lipinski definition) is 3. The minimum Gasteiger partial charge on any atom is -0.373 e. The van der Waals surface area contributed by atoms with Gasteiger partial charge >= 0.3 is 0 Å². The molecule has 0 aliphatic carbocycles. The molecule has 1 heterocycles. The highest BCUT2D eigenvalue weighted by Gasteiger charge is 2.40. The highest BCUT2D eigenvalue weighted by Crippen LogP contribution is 2.35. The van der Waals surface area contributed by atoms with E-state index in [4.69, 9.17) is 23.2 Å². The average Bonchev–Trinajstić information content (AvgIpc) is 2.79. The quantitative estimate of drug-likeness (QED) is 0.753. The van der Waals surface area contributed by atoms with Crippen LogP contribution in [0.4, 0.5) is 11.4 Å². The Morgan fingerprint density at radius 3 is 2.48 bits per heavy atom. The minimum absolute atomic E-state index is 0.0672. The Balaban J connectivity index is 1.85. The van der Waals surface area contributed by atoms with Crippen LogP contribution in [0.5, 0.6) is 0 Å². The largest absolute Gasteiger partial charge is 0.373 e. The van der Waals surface area contributed by atoms with Crippen LogP contribution in [0.2, 0.25) is 10.0 Å². The molecule has 1 aliphatic heterocycles. The van der Waals surface area contributed by atoms with Gasteiger partial charge in [0.15, 0.2) is 0 Å². The molecule has 1 fully saturated rings. The first-order valence-electron chi connectivity index (χ1n) is 6.80. The number of imide groups is 1. The molecule has 0 aromatic heterocycles. The fraction of sp³-hybridized carbons (Fsp3) is 0.125. The second-order valence-electron chi connectivity index (χ2n) is 5.05. The maximum atomic E-state index is 12.6. The zero-order valence-electron chi connectivity index (χ0n) is 11.7. The lowest BCUT2D eigenvalue weighted by Gasteiger charge is -2.17. The lowest BCUT2D eigenvalue weighted by atomic mass is 10.2. The molecule has 23 heavy (non-hydrogen) atoms. The first-order chi connectivity index (χ1) is 11.0. The number of rotatable bonds is 3. The third kappa shape index (κ3) is 3.22. The molecule has 2 aromatic rings. The summed E-state index contributed by atoms with van der Waals surface area (Å²) in [7, 11) is 0. The Morgan fingerprint density at radius 1 is 1.09 bits per heavy atom. The van der Waals surface area contributed by atoms with Gasteiger partial charge in [0.1, 0.15) is 6.04 Å². The molecular formula is C16H11BrCl2N2O2. The number of carbonyl (C=O) groups excluding carboxylic acids is 2. The first-order valence-corrected chi connectivity index (χ1v) is 8.35. The van der Waals surface area contributed by atoms with Crippen LogP contribution in [0, 0.1) is 0 Å². The highest BCUT2D eigenvalue weighted by atomic mass is 79.9. The Labute approximate surface area is 151 Å². The van der Waals surface area contributed by atoms with Gasteiger partial charge in [-0.15, -0.1) is 0 Å². The van der Waals surface area contributed by atoms with Gasteiger partial charge in [-0.1, -0.05) is 45.2 Å². The monoisotopic (exact) mass is 412 g/mol. The van der Waals surface area contributed by atoms with Gasteiger partial charge in [0.2, 0.25) is 5.91 Å². The van der Waals surface area contributed by atoms with Crippen LogP contribution >= 0.6 is 39.1 Å². The summed E-state index contributed by atoms with van der Waals surface area (Å²) in [5, 5.41) is 3.57. The maximum absolute atomic E-state index is 12.6. The molecule has 4 nitrogen and oxygen atoms in total. The lowest BCUT2D eigenvalue weighted by molar-refractivity contribution is -0.121.